The Bertz CT molecular complexity index is 893. The third-order valence-electron chi connectivity index (χ3n) is 4.06. The van der Waals surface area contributed by atoms with Gasteiger partial charge in [0.1, 0.15) is 11.6 Å². The summed E-state index contributed by atoms with van der Waals surface area (Å²) in [5.41, 5.74) is 2.14. The molecule has 1 atom stereocenters. The van der Waals surface area contributed by atoms with Gasteiger partial charge in [-0.1, -0.05) is 30.3 Å². The molecule has 1 unspecified atom stereocenters. The summed E-state index contributed by atoms with van der Waals surface area (Å²) in [6, 6.07) is 14.9. The number of oxazole rings is 1. The first kappa shape index (κ1) is 17.8. The molecular weight excluding hydrogens is 335 g/mol. The van der Waals surface area contributed by atoms with Gasteiger partial charge in [0.05, 0.1) is 12.1 Å². The van der Waals surface area contributed by atoms with Crippen molar-refractivity contribution in [1.82, 2.24) is 10.3 Å². The minimum atomic E-state index is -0.964. The normalized spacial score (nSPS) is 12.1. The van der Waals surface area contributed by atoms with Crippen LogP contribution in [0.4, 0.5) is 4.39 Å². The highest BCUT2D eigenvalue weighted by molar-refractivity contribution is 5.68. The first-order valence-corrected chi connectivity index (χ1v) is 8.25. The van der Waals surface area contributed by atoms with Gasteiger partial charge in [0, 0.05) is 18.2 Å². The van der Waals surface area contributed by atoms with Crippen LogP contribution in [0.3, 0.4) is 0 Å². The van der Waals surface area contributed by atoms with Gasteiger partial charge in [-0.3, -0.25) is 4.79 Å². The first-order chi connectivity index (χ1) is 12.5. The lowest BCUT2D eigenvalue weighted by Crippen LogP contribution is -2.24. The standard InChI is InChI=1S/C20H19FN2O3/c1-13-18(23-20(26-13)14-6-3-2-4-7-14)12-22-17(11-19(24)25)15-8-5-9-16(21)10-15/h2-10,17,22H,11-12H2,1H3,(H,24,25). The molecule has 6 heteroatoms. The van der Waals surface area contributed by atoms with E-state index in [1.807, 2.05) is 37.3 Å². The summed E-state index contributed by atoms with van der Waals surface area (Å²) >= 11 is 0. The molecule has 0 radical (unpaired) electrons. The van der Waals surface area contributed by atoms with Crippen LogP contribution in [0.25, 0.3) is 11.5 Å². The molecule has 0 amide bonds. The topological polar surface area (TPSA) is 75.4 Å². The molecule has 3 rings (SSSR count). The van der Waals surface area contributed by atoms with Gasteiger partial charge in [0.25, 0.3) is 0 Å². The van der Waals surface area contributed by atoms with Crippen LogP contribution < -0.4 is 5.32 Å². The summed E-state index contributed by atoms with van der Waals surface area (Å²) in [6.45, 7) is 2.13. The van der Waals surface area contributed by atoms with Gasteiger partial charge in [-0.25, -0.2) is 9.37 Å². The second-order valence-electron chi connectivity index (χ2n) is 5.97. The second kappa shape index (κ2) is 7.93. The molecule has 26 heavy (non-hydrogen) atoms. The first-order valence-electron chi connectivity index (χ1n) is 8.25. The SMILES string of the molecule is Cc1oc(-c2ccccc2)nc1CNC(CC(=O)O)c1cccc(F)c1. The summed E-state index contributed by atoms with van der Waals surface area (Å²) in [4.78, 5) is 15.7. The average molecular weight is 354 g/mol. The summed E-state index contributed by atoms with van der Waals surface area (Å²) in [7, 11) is 0. The lowest BCUT2D eigenvalue weighted by atomic mass is 10.0. The Hall–Kier alpha value is -2.99. The number of hydrogen-bond donors (Lipinski definition) is 2. The lowest BCUT2D eigenvalue weighted by molar-refractivity contribution is -0.137. The summed E-state index contributed by atoms with van der Waals surface area (Å²) in [5.74, 6) is -0.192. The van der Waals surface area contributed by atoms with Crippen molar-refractivity contribution in [2.75, 3.05) is 0 Å². The lowest BCUT2D eigenvalue weighted by Gasteiger charge is -2.17. The van der Waals surface area contributed by atoms with Crippen molar-refractivity contribution >= 4 is 5.97 Å². The van der Waals surface area contributed by atoms with Crippen LogP contribution in [-0.2, 0) is 11.3 Å². The molecule has 1 aromatic heterocycles. The molecule has 0 fully saturated rings. The predicted octanol–water partition coefficient (Wildman–Crippen LogP) is 4.09. The van der Waals surface area contributed by atoms with Crippen molar-refractivity contribution in [3.05, 3.63) is 77.4 Å². The van der Waals surface area contributed by atoms with Gasteiger partial charge in [-0.2, -0.15) is 0 Å². The number of carboxylic acids is 1. The smallest absolute Gasteiger partial charge is 0.305 e. The molecular formula is C20H19FN2O3. The van der Waals surface area contributed by atoms with Crippen LogP contribution in [0, 0.1) is 12.7 Å². The number of halogens is 1. The van der Waals surface area contributed by atoms with Gasteiger partial charge < -0.3 is 14.8 Å². The van der Waals surface area contributed by atoms with E-state index < -0.39 is 17.8 Å². The molecule has 0 aliphatic heterocycles. The monoisotopic (exact) mass is 354 g/mol. The van der Waals surface area contributed by atoms with Crippen molar-refractivity contribution in [3.8, 4) is 11.5 Å². The van der Waals surface area contributed by atoms with Crippen molar-refractivity contribution in [1.29, 1.82) is 0 Å². The number of aryl methyl sites for hydroxylation is 1. The molecule has 5 nitrogen and oxygen atoms in total. The Morgan fingerprint density at radius 1 is 1.23 bits per heavy atom. The van der Waals surface area contributed by atoms with Crippen molar-refractivity contribution < 1.29 is 18.7 Å². The van der Waals surface area contributed by atoms with Crippen LogP contribution in [0.1, 0.15) is 29.5 Å². The summed E-state index contributed by atoms with van der Waals surface area (Å²) < 4.78 is 19.2. The number of aliphatic carboxylic acids is 1. The van der Waals surface area contributed by atoms with Gasteiger partial charge >= 0.3 is 5.97 Å². The van der Waals surface area contributed by atoms with Crippen LogP contribution in [-0.4, -0.2) is 16.1 Å². The third kappa shape index (κ3) is 4.34. The van der Waals surface area contributed by atoms with Crippen molar-refractivity contribution in [2.24, 2.45) is 0 Å². The molecule has 3 aromatic rings. The Kier molecular flexibility index (Phi) is 5.43. The Morgan fingerprint density at radius 2 is 2.00 bits per heavy atom. The molecule has 0 saturated heterocycles. The van der Waals surface area contributed by atoms with Gasteiger partial charge in [0.2, 0.25) is 5.89 Å². The summed E-state index contributed by atoms with van der Waals surface area (Å²) in [5, 5.41) is 12.3. The van der Waals surface area contributed by atoms with E-state index in [1.54, 1.807) is 12.1 Å². The number of aromatic nitrogens is 1. The third-order valence-corrected chi connectivity index (χ3v) is 4.06. The fourth-order valence-electron chi connectivity index (χ4n) is 2.72. The minimum Gasteiger partial charge on any atom is -0.481 e. The highest BCUT2D eigenvalue weighted by atomic mass is 19.1. The van der Waals surface area contributed by atoms with Crippen LogP contribution in [0.2, 0.25) is 0 Å². The average Bonchev–Trinajstić information content (AvgIpc) is 3.00. The molecule has 134 valence electrons. The molecule has 1 heterocycles. The molecule has 0 spiro atoms. The van der Waals surface area contributed by atoms with E-state index in [0.717, 1.165) is 5.56 Å². The Morgan fingerprint density at radius 3 is 2.69 bits per heavy atom. The van der Waals surface area contributed by atoms with Gasteiger partial charge in [-0.15, -0.1) is 0 Å². The molecule has 0 aliphatic carbocycles. The zero-order valence-corrected chi connectivity index (χ0v) is 14.3. The van der Waals surface area contributed by atoms with Crippen LogP contribution in [0.15, 0.2) is 59.0 Å². The second-order valence-corrected chi connectivity index (χ2v) is 5.97. The zero-order chi connectivity index (χ0) is 18.5. The zero-order valence-electron chi connectivity index (χ0n) is 14.3. The fraction of sp³-hybridized carbons (Fsp3) is 0.200. The molecule has 2 aromatic carbocycles. The number of rotatable bonds is 7. The molecule has 2 N–H and O–H groups in total. The van der Waals surface area contributed by atoms with E-state index in [2.05, 4.69) is 10.3 Å². The van der Waals surface area contributed by atoms with Gasteiger partial charge in [-0.05, 0) is 36.8 Å². The molecule has 0 aliphatic rings. The number of carbonyl (C=O) groups is 1. The van der Waals surface area contributed by atoms with E-state index >= 15 is 0 Å². The summed E-state index contributed by atoms with van der Waals surface area (Å²) in [6.07, 6.45) is -0.161. The molecule has 0 saturated carbocycles. The fourth-order valence-corrected chi connectivity index (χ4v) is 2.72. The minimum absolute atomic E-state index is 0.161. The molecule has 0 bridgehead atoms. The quantitative estimate of drug-likeness (QED) is 0.668. The van der Waals surface area contributed by atoms with Crippen molar-refractivity contribution in [2.45, 2.75) is 25.9 Å². The van der Waals surface area contributed by atoms with Crippen LogP contribution in [0.5, 0.6) is 0 Å². The Balaban J connectivity index is 1.77. The number of carboxylic acid groups (broad SMARTS) is 1. The van der Waals surface area contributed by atoms with E-state index in [0.29, 0.717) is 29.5 Å². The van der Waals surface area contributed by atoms with Crippen molar-refractivity contribution in [3.63, 3.8) is 0 Å². The number of hydrogen-bond acceptors (Lipinski definition) is 4. The van der Waals surface area contributed by atoms with E-state index in [9.17, 15) is 9.18 Å². The Labute approximate surface area is 150 Å². The van der Waals surface area contributed by atoms with Gasteiger partial charge in [0.15, 0.2) is 0 Å². The van der Waals surface area contributed by atoms with E-state index in [4.69, 9.17) is 9.52 Å². The predicted molar refractivity (Wildman–Crippen MR) is 94.9 cm³/mol. The highest BCUT2D eigenvalue weighted by Gasteiger charge is 2.18. The van der Waals surface area contributed by atoms with E-state index in [1.165, 1.54) is 12.1 Å². The highest BCUT2D eigenvalue weighted by Crippen LogP contribution is 2.23. The maximum Gasteiger partial charge on any atom is 0.305 e. The number of benzene rings is 2. The number of nitrogens with zero attached hydrogens (tertiary/aromatic N) is 1. The number of nitrogens with one attached hydrogen (secondary N) is 1. The van der Waals surface area contributed by atoms with E-state index in [-0.39, 0.29) is 6.42 Å². The maximum absolute atomic E-state index is 13.5. The largest absolute Gasteiger partial charge is 0.481 e. The maximum atomic E-state index is 13.5. The van der Waals surface area contributed by atoms with Crippen LogP contribution >= 0.6 is 0 Å².